The van der Waals surface area contributed by atoms with Gasteiger partial charge in [-0.2, -0.15) is 4.36 Å². The van der Waals surface area contributed by atoms with E-state index < -0.39 is 15.5 Å². The van der Waals surface area contributed by atoms with Crippen molar-refractivity contribution >= 4 is 27.0 Å². The van der Waals surface area contributed by atoms with Crippen LogP contribution in [-0.2, 0) is 9.73 Å². The summed E-state index contributed by atoms with van der Waals surface area (Å²) in [6.45, 7) is 0. The van der Waals surface area contributed by atoms with Crippen molar-refractivity contribution in [2.24, 2.45) is 4.36 Å². The van der Waals surface area contributed by atoms with Gasteiger partial charge >= 0.3 is 0 Å². The Morgan fingerprint density at radius 2 is 2.35 bits per heavy atom. The minimum absolute atomic E-state index is 0.0240. The van der Waals surface area contributed by atoms with Crippen LogP contribution < -0.4 is 5.32 Å². The largest absolute Gasteiger partial charge is 0.316 e. The maximum Gasteiger partial charge on any atom is 0.151 e. The molecule has 0 spiro atoms. The van der Waals surface area contributed by atoms with Crippen molar-refractivity contribution in [1.82, 2.24) is 5.32 Å². The summed E-state index contributed by atoms with van der Waals surface area (Å²) in [6, 6.07) is 4.53. The van der Waals surface area contributed by atoms with Crippen molar-refractivity contribution in [3.8, 4) is 0 Å². The van der Waals surface area contributed by atoms with Gasteiger partial charge in [0.1, 0.15) is 5.69 Å². The van der Waals surface area contributed by atoms with E-state index in [-0.39, 0.29) is 16.8 Å². The number of halogens is 2. The van der Waals surface area contributed by atoms with Gasteiger partial charge in [-0.15, -0.1) is 0 Å². The van der Waals surface area contributed by atoms with Crippen molar-refractivity contribution in [3.63, 3.8) is 0 Å². The highest BCUT2D eigenvalue weighted by molar-refractivity contribution is 7.94. The molecule has 0 amide bonds. The molecule has 0 bridgehead atoms. The standard InChI is InChI=1S/C11H14ClFN2OS/c1-14-8-5-6-17(16,7-8)15-11-9(12)3-2-4-10(11)13/h2-4,8,14H,5-7H2,1H3. The van der Waals surface area contributed by atoms with Gasteiger partial charge in [0.2, 0.25) is 0 Å². The third-order valence-corrected chi connectivity index (χ3v) is 5.47. The number of hydrogen-bond donors (Lipinski definition) is 1. The fourth-order valence-electron chi connectivity index (χ4n) is 1.86. The van der Waals surface area contributed by atoms with Crippen LogP contribution in [0.1, 0.15) is 6.42 Å². The van der Waals surface area contributed by atoms with Crippen molar-refractivity contribution < 1.29 is 8.60 Å². The molecule has 1 aromatic carbocycles. The third kappa shape index (κ3) is 2.78. The summed E-state index contributed by atoms with van der Waals surface area (Å²) in [4.78, 5) is 0. The summed E-state index contributed by atoms with van der Waals surface area (Å²) in [5.74, 6) is 0.422. The SMILES string of the molecule is CNC1CCS(=O)(=Nc2c(F)cccc2Cl)C1. The quantitative estimate of drug-likeness (QED) is 0.902. The lowest BCUT2D eigenvalue weighted by Gasteiger charge is -2.06. The summed E-state index contributed by atoms with van der Waals surface area (Å²) >= 11 is 5.87. The Hall–Kier alpha value is -0.650. The van der Waals surface area contributed by atoms with Crippen LogP contribution in [0.2, 0.25) is 5.02 Å². The Bertz CT molecular complexity index is 520. The number of nitrogens with one attached hydrogen (secondary N) is 1. The normalized spacial score (nSPS) is 28.3. The maximum absolute atomic E-state index is 13.5. The second-order valence-electron chi connectivity index (χ2n) is 4.08. The molecule has 0 aromatic heterocycles. The van der Waals surface area contributed by atoms with Crippen LogP contribution in [0.4, 0.5) is 10.1 Å². The van der Waals surface area contributed by atoms with Crippen LogP contribution in [-0.4, -0.2) is 28.8 Å². The fraction of sp³-hybridized carbons (Fsp3) is 0.455. The summed E-state index contributed by atoms with van der Waals surface area (Å²) in [7, 11) is -0.550. The summed E-state index contributed by atoms with van der Waals surface area (Å²) < 4.78 is 30.0. The van der Waals surface area contributed by atoms with Crippen molar-refractivity contribution in [2.45, 2.75) is 12.5 Å². The lowest BCUT2D eigenvalue weighted by molar-refractivity contribution is 0.622. The van der Waals surface area contributed by atoms with Gasteiger partial charge in [0.15, 0.2) is 5.82 Å². The first-order valence-electron chi connectivity index (χ1n) is 5.38. The van der Waals surface area contributed by atoms with Gasteiger partial charge in [-0.1, -0.05) is 17.7 Å². The Morgan fingerprint density at radius 1 is 1.59 bits per heavy atom. The number of benzene rings is 1. The van der Waals surface area contributed by atoms with Gasteiger partial charge < -0.3 is 5.32 Å². The van der Waals surface area contributed by atoms with Crippen LogP contribution >= 0.6 is 11.6 Å². The van der Waals surface area contributed by atoms with E-state index >= 15 is 0 Å². The van der Waals surface area contributed by atoms with Gasteiger partial charge in [0.05, 0.1) is 14.8 Å². The highest BCUT2D eigenvalue weighted by atomic mass is 35.5. The molecular weight excluding hydrogens is 263 g/mol. The molecule has 1 saturated heterocycles. The van der Waals surface area contributed by atoms with E-state index in [9.17, 15) is 8.60 Å². The predicted octanol–water partition coefficient (Wildman–Crippen LogP) is 2.57. The molecule has 1 aromatic rings. The first-order chi connectivity index (χ1) is 8.04. The first kappa shape index (κ1) is 12.8. The Kier molecular flexibility index (Phi) is 3.70. The lowest BCUT2D eigenvalue weighted by atomic mass is 10.3. The minimum atomic E-state index is -2.38. The zero-order chi connectivity index (χ0) is 12.5. The van der Waals surface area contributed by atoms with Crippen LogP contribution in [0.5, 0.6) is 0 Å². The summed E-state index contributed by atoms with van der Waals surface area (Å²) in [5.41, 5.74) is 0.0240. The van der Waals surface area contributed by atoms with Gasteiger partial charge in [-0.25, -0.2) is 8.60 Å². The molecular formula is C11H14ClFN2OS. The van der Waals surface area contributed by atoms with Gasteiger partial charge in [-0.05, 0) is 25.6 Å². The molecule has 0 radical (unpaired) electrons. The summed E-state index contributed by atoms with van der Waals surface area (Å²) in [6.07, 6.45) is 0.797. The maximum atomic E-state index is 13.5. The monoisotopic (exact) mass is 276 g/mol. The molecule has 1 fully saturated rings. The molecule has 17 heavy (non-hydrogen) atoms. The van der Waals surface area contributed by atoms with Gasteiger partial charge in [0, 0.05) is 17.5 Å². The van der Waals surface area contributed by atoms with E-state index in [1.165, 1.54) is 12.1 Å². The van der Waals surface area contributed by atoms with E-state index in [1.54, 1.807) is 6.07 Å². The van der Waals surface area contributed by atoms with E-state index in [2.05, 4.69) is 9.68 Å². The van der Waals surface area contributed by atoms with Crippen molar-refractivity contribution in [2.75, 3.05) is 18.6 Å². The minimum Gasteiger partial charge on any atom is -0.316 e. The van der Waals surface area contributed by atoms with Crippen LogP contribution in [0.25, 0.3) is 0 Å². The van der Waals surface area contributed by atoms with E-state index in [0.717, 1.165) is 6.42 Å². The molecule has 6 heteroatoms. The zero-order valence-electron chi connectivity index (χ0n) is 9.45. The van der Waals surface area contributed by atoms with Crippen molar-refractivity contribution in [3.05, 3.63) is 29.0 Å². The number of hydrogen-bond acceptors (Lipinski definition) is 3. The third-order valence-electron chi connectivity index (χ3n) is 2.85. The average molecular weight is 277 g/mol. The zero-order valence-corrected chi connectivity index (χ0v) is 11.0. The Morgan fingerprint density at radius 3 is 2.94 bits per heavy atom. The van der Waals surface area contributed by atoms with Crippen LogP contribution in [0.15, 0.2) is 22.6 Å². The lowest BCUT2D eigenvalue weighted by Crippen LogP contribution is -2.25. The summed E-state index contributed by atoms with van der Waals surface area (Å²) in [5, 5.41) is 3.28. The molecule has 1 heterocycles. The van der Waals surface area contributed by atoms with Crippen molar-refractivity contribution in [1.29, 1.82) is 0 Å². The molecule has 0 aliphatic carbocycles. The smallest absolute Gasteiger partial charge is 0.151 e. The highest BCUT2D eigenvalue weighted by Crippen LogP contribution is 2.30. The second kappa shape index (κ2) is 4.92. The first-order valence-corrected chi connectivity index (χ1v) is 7.61. The van der Waals surface area contributed by atoms with Crippen LogP contribution in [0, 0.1) is 5.82 Å². The van der Waals surface area contributed by atoms with E-state index in [4.69, 9.17) is 11.6 Å². The highest BCUT2D eigenvalue weighted by Gasteiger charge is 2.26. The molecule has 1 aliphatic rings. The van der Waals surface area contributed by atoms with E-state index in [0.29, 0.717) is 11.5 Å². The Labute approximate surface area is 106 Å². The fourth-order valence-corrected chi connectivity index (χ4v) is 4.58. The average Bonchev–Trinajstić information content (AvgIpc) is 2.66. The predicted molar refractivity (Wildman–Crippen MR) is 68.8 cm³/mol. The topological polar surface area (TPSA) is 41.5 Å². The van der Waals surface area contributed by atoms with Crippen LogP contribution in [0.3, 0.4) is 0 Å². The van der Waals surface area contributed by atoms with Gasteiger partial charge in [0.25, 0.3) is 0 Å². The molecule has 2 rings (SSSR count). The molecule has 3 nitrogen and oxygen atoms in total. The second-order valence-corrected chi connectivity index (χ2v) is 6.96. The molecule has 2 atom stereocenters. The molecule has 1 aliphatic heterocycles. The number of rotatable bonds is 2. The molecule has 94 valence electrons. The number of nitrogens with zero attached hydrogens (tertiary/aromatic N) is 1. The molecule has 1 N–H and O–H groups in total. The molecule has 0 saturated carbocycles. The van der Waals surface area contributed by atoms with E-state index in [1.807, 2.05) is 7.05 Å². The molecule has 2 unspecified atom stereocenters. The van der Waals surface area contributed by atoms with Gasteiger partial charge in [-0.3, -0.25) is 0 Å². The Balaban J connectivity index is 2.40.